The molecule has 1 aliphatic heterocycles. The Morgan fingerprint density at radius 1 is 1.00 bits per heavy atom. The second-order valence-electron chi connectivity index (χ2n) is 6.63. The molecule has 0 spiro atoms. The molecule has 0 radical (unpaired) electrons. The van der Waals surface area contributed by atoms with Crippen molar-refractivity contribution < 1.29 is 9.57 Å². The lowest BCUT2D eigenvalue weighted by atomic mass is 9.97. The van der Waals surface area contributed by atoms with E-state index in [1.54, 1.807) is 0 Å². The number of hydroxylamine groups is 1. The quantitative estimate of drug-likeness (QED) is 0.475. The minimum absolute atomic E-state index is 0.401. The SMILES string of the molecule is C1=C(C2(ONC3CCCC3)CO2)CCCCCCCC1. The van der Waals surface area contributed by atoms with Crippen LogP contribution < -0.4 is 5.48 Å². The van der Waals surface area contributed by atoms with Crippen LogP contribution in [0.15, 0.2) is 11.6 Å². The highest BCUT2D eigenvalue weighted by atomic mass is 16.9. The lowest BCUT2D eigenvalue weighted by Gasteiger charge is -2.21. The summed E-state index contributed by atoms with van der Waals surface area (Å²) in [4.78, 5) is 5.99. The van der Waals surface area contributed by atoms with Gasteiger partial charge in [-0.25, -0.2) is 0 Å². The summed E-state index contributed by atoms with van der Waals surface area (Å²) >= 11 is 0. The van der Waals surface area contributed by atoms with E-state index in [0.717, 1.165) is 13.0 Å². The van der Waals surface area contributed by atoms with Crippen LogP contribution >= 0.6 is 0 Å². The average Bonchev–Trinajstić information content (AvgIpc) is 3.09. The Morgan fingerprint density at radius 3 is 2.45 bits per heavy atom. The predicted molar refractivity (Wildman–Crippen MR) is 80.2 cm³/mol. The molecular formula is C17H29NO2. The Labute approximate surface area is 123 Å². The first-order chi connectivity index (χ1) is 9.89. The molecule has 20 heavy (non-hydrogen) atoms. The lowest BCUT2D eigenvalue weighted by molar-refractivity contribution is -0.0948. The first-order valence-corrected chi connectivity index (χ1v) is 8.66. The number of hydrogen-bond acceptors (Lipinski definition) is 3. The lowest BCUT2D eigenvalue weighted by Crippen LogP contribution is -2.34. The molecule has 1 heterocycles. The first-order valence-electron chi connectivity index (χ1n) is 8.66. The highest BCUT2D eigenvalue weighted by Gasteiger charge is 2.50. The molecule has 0 aromatic heterocycles. The maximum atomic E-state index is 5.99. The number of allylic oxidation sites excluding steroid dienone is 1. The van der Waals surface area contributed by atoms with Gasteiger partial charge in [0.05, 0.1) is 0 Å². The van der Waals surface area contributed by atoms with Crippen LogP contribution in [0.25, 0.3) is 0 Å². The summed E-state index contributed by atoms with van der Waals surface area (Å²) in [5.74, 6) is -0.401. The summed E-state index contributed by atoms with van der Waals surface area (Å²) in [7, 11) is 0. The third-order valence-electron chi connectivity index (χ3n) is 4.93. The Hall–Kier alpha value is -0.380. The fraction of sp³-hybridized carbons (Fsp3) is 0.882. The molecule has 2 aliphatic carbocycles. The largest absolute Gasteiger partial charge is 0.337 e. The Balaban J connectivity index is 1.54. The van der Waals surface area contributed by atoms with Crippen LogP contribution in [-0.4, -0.2) is 18.4 Å². The minimum Gasteiger partial charge on any atom is -0.337 e. The molecule has 0 aromatic carbocycles. The molecule has 3 heteroatoms. The molecule has 1 atom stereocenters. The van der Waals surface area contributed by atoms with Gasteiger partial charge in [-0.2, -0.15) is 5.48 Å². The Morgan fingerprint density at radius 2 is 1.70 bits per heavy atom. The van der Waals surface area contributed by atoms with Crippen LogP contribution in [0, 0.1) is 0 Å². The van der Waals surface area contributed by atoms with Crippen molar-refractivity contribution in [1.82, 2.24) is 5.48 Å². The van der Waals surface area contributed by atoms with E-state index in [1.165, 1.54) is 76.2 Å². The van der Waals surface area contributed by atoms with Crippen LogP contribution in [0.1, 0.15) is 77.0 Å². The summed E-state index contributed by atoms with van der Waals surface area (Å²) in [5.41, 5.74) is 4.67. The molecule has 0 aromatic rings. The minimum atomic E-state index is -0.401. The van der Waals surface area contributed by atoms with Crippen molar-refractivity contribution in [2.24, 2.45) is 0 Å². The fourth-order valence-corrected chi connectivity index (χ4v) is 3.49. The van der Waals surface area contributed by atoms with Gasteiger partial charge in [-0.15, -0.1) is 0 Å². The van der Waals surface area contributed by atoms with Crippen molar-refractivity contribution in [1.29, 1.82) is 0 Å². The number of nitrogens with one attached hydrogen (secondary N) is 1. The maximum absolute atomic E-state index is 5.99. The fourth-order valence-electron chi connectivity index (χ4n) is 3.49. The summed E-state index contributed by atoms with van der Waals surface area (Å²) < 4.78 is 5.71. The van der Waals surface area contributed by atoms with E-state index >= 15 is 0 Å². The van der Waals surface area contributed by atoms with Gasteiger partial charge in [-0.05, 0) is 44.1 Å². The van der Waals surface area contributed by atoms with Gasteiger partial charge in [0.25, 0.3) is 0 Å². The van der Waals surface area contributed by atoms with Gasteiger partial charge >= 0.3 is 0 Å². The average molecular weight is 279 g/mol. The van der Waals surface area contributed by atoms with Gasteiger partial charge in [0.15, 0.2) is 0 Å². The van der Waals surface area contributed by atoms with Crippen molar-refractivity contribution in [2.45, 2.75) is 88.9 Å². The van der Waals surface area contributed by atoms with Crippen molar-refractivity contribution >= 4 is 0 Å². The van der Waals surface area contributed by atoms with Crippen molar-refractivity contribution in [3.8, 4) is 0 Å². The smallest absolute Gasteiger partial charge is 0.233 e. The maximum Gasteiger partial charge on any atom is 0.233 e. The standard InChI is InChI=1S/C17H29NO2/c1-2-4-6-10-15(11-7-5-3-1)17(14-19-17)20-18-16-12-8-9-13-16/h10,16,18H,1-9,11-14H2. The highest BCUT2D eigenvalue weighted by molar-refractivity contribution is 5.19. The molecule has 0 amide bonds. The third-order valence-corrected chi connectivity index (χ3v) is 4.93. The first kappa shape index (κ1) is 14.6. The monoisotopic (exact) mass is 279 g/mol. The van der Waals surface area contributed by atoms with Crippen molar-refractivity contribution in [3.63, 3.8) is 0 Å². The molecule has 1 saturated carbocycles. The summed E-state index contributed by atoms with van der Waals surface area (Å²) in [6.07, 6.45) is 18.0. The van der Waals surface area contributed by atoms with Crippen LogP contribution in [0.5, 0.6) is 0 Å². The van der Waals surface area contributed by atoms with Gasteiger partial charge in [0.1, 0.15) is 6.61 Å². The number of ether oxygens (including phenoxy) is 1. The van der Waals surface area contributed by atoms with Gasteiger partial charge in [-0.3, -0.25) is 4.84 Å². The third kappa shape index (κ3) is 3.84. The van der Waals surface area contributed by atoms with Gasteiger partial charge in [0, 0.05) is 6.04 Å². The zero-order valence-electron chi connectivity index (χ0n) is 12.7. The molecule has 1 saturated heterocycles. The van der Waals surface area contributed by atoms with Crippen LogP contribution in [-0.2, 0) is 9.57 Å². The van der Waals surface area contributed by atoms with E-state index in [0.29, 0.717) is 6.04 Å². The molecule has 114 valence electrons. The molecule has 1 unspecified atom stereocenters. The molecule has 3 aliphatic rings. The van der Waals surface area contributed by atoms with E-state index < -0.39 is 5.79 Å². The molecular weight excluding hydrogens is 250 g/mol. The van der Waals surface area contributed by atoms with Crippen LogP contribution in [0.2, 0.25) is 0 Å². The molecule has 3 rings (SSSR count). The summed E-state index contributed by atoms with van der Waals surface area (Å²) in [5, 5.41) is 0. The van der Waals surface area contributed by atoms with E-state index in [9.17, 15) is 0 Å². The zero-order chi connectivity index (χ0) is 13.7. The predicted octanol–water partition coefficient (Wildman–Crippen LogP) is 4.24. The van der Waals surface area contributed by atoms with E-state index in [1.807, 2.05) is 0 Å². The second-order valence-corrected chi connectivity index (χ2v) is 6.63. The molecule has 3 nitrogen and oxygen atoms in total. The van der Waals surface area contributed by atoms with Gasteiger partial charge in [0.2, 0.25) is 5.79 Å². The van der Waals surface area contributed by atoms with Crippen LogP contribution in [0.3, 0.4) is 0 Å². The van der Waals surface area contributed by atoms with Gasteiger partial charge < -0.3 is 4.74 Å². The summed E-state index contributed by atoms with van der Waals surface area (Å²) in [6, 6.07) is 0.538. The second kappa shape index (κ2) is 7.06. The van der Waals surface area contributed by atoms with E-state index in [2.05, 4.69) is 11.6 Å². The number of rotatable bonds is 4. The number of hydrogen-bond donors (Lipinski definition) is 1. The van der Waals surface area contributed by atoms with Crippen molar-refractivity contribution in [3.05, 3.63) is 11.6 Å². The number of epoxide rings is 1. The zero-order valence-corrected chi connectivity index (χ0v) is 12.7. The molecule has 1 N–H and O–H groups in total. The highest BCUT2D eigenvalue weighted by Crippen LogP contribution is 2.39. The molecule has 0 bridgehead atoms. The Kier molecular flexibility index (Phi) is 5.14. The van der Waals surface area contributed by atoms with Crippen molar-refractivity contribution in [2.75, 3.05) is 6.61 Å². The topological polar surface area (TPSA) is 33.8 Å². The van der Waals surface area contributed by atoms with Crippen LogP contribution in [0.4, 0.5) is 0 Å². The summed E-state index contributed by atoms with van der Waals surface area (Å²) in [6.45, 7) is 0.735. The normalized spacial score (nSPS) is 32.9. The van der Waals surface area contributed by atoms with E-state index in [4.69, 9.17) is 9.57 Å². The Bertz CT molecular complexity index is 330. The van der Waals surface area contributed by atoms with E-state index in [-0.39, 0.29) is 0 Å². The molecule has 2 fully saturated rings. The van der Waals surface area contributed by atoms with Gasteiger partial charge in [-0.1, -0.05) is 44.6 Å².